The predicted molar refractivity (Wildman–Crippen MR) is 82.5 cm³/mol. The minimum atomic E-state index is 0.727. The summed E-state index contributed by atoms with van der Waals surface area (Å²) >= 11 is 5.50. The summed E-state index contributed by atoms with van der Waals surface area (Å²) in [7, 11) is 0. The number of rotatable bonds is 5. The van der Waals surface area contributed by atoms with E-state index in [4.69, 9.17) is 17.0 Å². The molecule has 0 saturated carbocycles. The number of fused-ring (bicyclic) bond motifs is 1. The van der Waals surface area contributed by atoms with Crippen LogP contribution in [0, 0.1) is 0 Å². The van der Waals surface area contributed by atoms with E-state index < -0.39 is 0 Å². The molecule has 0 bridgehead atoms. The van der Waals surface area contributed by atoms with Gasteiger partial charge in [-0.1, -0.05) is 6.42 Å². The van der Waals surface area contributed by atoms with Gasteiger partial charge in [-0.15, -0.1) is 0 Å². The van der Waals surface area contributed by atoms with Gasteiger partial charge < -0.3 is 15.0 Å². The molecule has 2 aliphatic rings. The average molecular weight is 285 g/mol. The van der Waals surface area contributed by atoms with Crippen LogP contribution in [0.3, 0.4) is 0 Å². The Balaban J connectivity index is 1.65. The molecule has 2 heterocycles. The molecule has 0 spiro atoms. The molecule has 2 rings (SSSR count). The molecule has 1 N–H and O–H groups in total. The molecular weight excluding hydrogens is 258 g/mol. The first-order valence-electron chi connectivity index (χ1n) is 7.66. The van der Waals surface area contributed by atoms with Gasteiger partial charge in [-0.05, 0) is 44.9 Å². The smallest absolute Gasteiger partial charge is 0.169 e. The Hall–Kier alpha value is -0.390. The minimum absolute atomic E-state index is 0.727. The molecule has 5 heteroatoms. The highest BCUT2D eigenvalue weighted by atomic mass is 32.1. The highest BCUT2D eigenvalue weighted by Crippen LogP contribution is 2.20. The van der Waals surface area contributed by atoms with Crippen molar-refractivity contribution in [3.63, 3.8) is 0 Å². The van der Waals surface area contributed by atoms with E-state index in [-0.39, 0.29) is 0 Å². The van der Waals surface area contributed by atoms with Crippen molar-refractivity contribution in [2.45, 2.75) is 38.6 Å². The SMILES string of the molecule is CCOCCCNC(=S)N1CCN2CCCCC2C1. The molecule has 0 aliphatic carbocycles. The van der Waals surface area contributed by atoms with Crippen molar-refractivity contribution in [3.05, 3.63) is 0 Å². The van der Waals surface area contributed by atoms with E-state index in [9.17, 15) is 0 Å². The van der Waals surface area contributed by atoms with E-state index in [2.05, 4.69) is 15.1 Å². The average Bonchev–Trinajstić information content (AvgIpc) is 2.46. The fraction of sp³-hybridized carbons (Fsp3) is 0.929. The molecule has 0 amide bonds. The van der Waals surface area contributed by atoms with E-state index in [0.29, 0.717) is 0 Å². The van der Waals surface area contributed by atoms with Crippen molar-refractivity contribution < 1.29 is 4.74 Å². The Morgan fingerprint density at radius 1 is 1.32 bits per heavy atom. The number of hydrogen-bond acceptors (Lipinski definition) is 3. The number of hydrogen-bond donors (Lipinski definition) is 1. The van der Waals surface area contributed by atoms with Gasteiger partial charge in [0.15, 0.2) is 5.11 Å². The molecule has 4 nitrogen and oxygen atoms in total. The third kappa shape index (κ3) is 4.58. The normalized spacial score (nSPS) is 24.1. The summed E-state index contributed by atoms with van der Waals surface area (Å²) in [5.74, 6) is 0. The Morgan fingerprint density at radius 2 is 2.21 bits per heavy atom. The standard InChI is InChI=1S/C14H27N3OS/c1-2-18-11-5-7-15-14(19)17-10-9-16-8-4-3-6-13(16)12-17/h13H,2-12H2,1H3,(H,15,19). The quantitative estimate of drug-likeness (QED) is 0.610. The van der Waals surface area contributed by atoms with E-state index in [1.807, 2.05) is 6.92 Å². The molecule has 19 heavy (non-hydrogen) atoms. The third-order valence-corrected chi connectivity index (χ3v) is 4.47. The summed E-state index contributed by atoms with van der Waals surface area (Å²) < 4.78 is 5.33. The summed E-state index contributed by atoms with van der Waals surface area (Å²) in [5, 5.41) is 4.30. The van der Waals surface area contributed by atoms with Crippen LogP contribution < -0.4 is 5.32 Å². The lowest BCUT2D eigenvalue weighted by atomic mass is 10.00. The summed E-state index contributed by atoms with van der Waals surface area (Å²) in [5.41, 5.74) is 0. The zero-order valence-corrected chi connectivity index (χ0v) is 12.9. The fourth-order valence-corrected chi connectivity index (χ4v) is 3.23. The van der Waals surface area contributed by atoms with E-state index >= 15 is 0 Å². The first-order valence-corrected chi connectivity index (χ1v) is 8.06. The van der Waals surface area contributed by atoms with Gasteiger partial charge in [-0.3, -0.25) is 4.90 Å². The molecular formula is C14H27N3OS. The maximum Gasteiger partial charge on any atom is 0.169 e. The number of piperidine rings is 1. The van der Waals surface area contributed by atoms with Crippen molar-refractivity contribution in [2.24, 2.45) is 0 Å². The Labute approximate surface area is 122 Å². The van der Waals surface area contributed by atoms with Gasteiger partial charge in [0.2, 0.25) is 0 Å². The first kappa shape index (κ1) is 15.0. The van der Waals surface area contributed by atoms with E-state index in [1.54, 1.807) is 0 Å². The van der Waals surface area contributed by atoms with Crippen molar-refractivity contribution in [1.29, 1.82) is 0 Å². The summed E-state index contributed by atoms with van der Waals surface area (Å²) in [6.07, 6.45) is 5.11. The second kappa shape index (κ2) is 8.02. The van der Waals surface area contributed by atoms with Crippen molar-refractivity contribution in [1.82, 2.24) is 15.1 Å². The zero-order chi connectivity index (χ0) is 13.5. The Kier molecular flexibility index (Phi) is 6.34. The maximum atomic E-state index is 5.50. The Bertz CT molecular complexity index is 288. The highest BCUT2D eigenvalue weighted by Gasteiger charge is 2.29. The summed E-state index contributed by atoms with van der Waals surface area (Å²) in [4.78, 5) is 4.99. The summed E-state index contributed by atoms with van der Waals surface area (Å²) in [6.45, 7) is 9.21. The van der Waals surface area contributed by atoms with Gasteiger partial charge in [0.05, 0.1) is 0 Å². The second-order valence-electron chi connectivity index (χ2n) is 5.41. The van der Waals surface area contributed by atoms with Crippen LogP contribution in [0.15, 0.2) is 0 Å². The molecule has 0 aromatic heterocycles. The van der Waals surface area contributed by atoms with Gasteiger partial charge in [0.1, 0.15) is 0 Å². The number of piperazine rings is 1. The van der Waals surface area contributed by atoms with Crippen LogP contribution in [0.1, 0.15) is 32.6 Å². The minimum Gasteiger partial charge on any atom is -0.382 e. The fourth-order valence-electron chi connectivity index (χ4n) is 2.97. The van der Waals surface area contributed by atoms with Gasteiger partial charge in [0, 0.05) is 45.4 Å². The molecule has 110 valence electrons. The lowest BCUT2D eigenvalue weighted by molar-refractivity contribution is 0.0797. The molecule has 0 aromatic carbocycles. The van der Waals surface area contributed by atoms with Crippen LogP contribution in [0.4, 0.5) is 0 Å². The lowest BCUT2D eigenvalue weighted by Crippen LogP contribution is -2.57. The number of nitrogens with one attached hydrogen (secondary N) is 1. The van der Waals surface area contributed by atoms with Crippen molar-refractivity contribution in [3.8, 4) is 0 Å². The van der Waals surface area contributed by atoms with E-state index in [0.717, 1.165) is 50.4 Å². The first-order chi connectivity index (χ1) is 9.31. The maximum absolute atomic E-state index is 5.50. The van der Waals surface area contributed by atoms with E-state index in [1.165, 1.54) is 32.4 Å². The monoisotopic (exact) mass is 285 g/mol. The van der Waals surface area contributed by atoms with Crippen LogP contribution in [0.2, 0.25) is 0 Å². The van der Waals surface area contributed by atoms with Crippen LogP contribution in [0.5, 0.6) is 0 Å². The van der Waals surface area contributed by atoms with Crippen molar-refractivity contribution >= 4 is 17.3 Å². The Morgan fingerprint density at radius 3 is 3.05 bits per heavy atom. The molecule has 2 fully saturated rings. The number of nitrogens with zero attached hydrogens (tertiary/aromatic N) is 2. The topological polar surface area (TPSA) is 27.7 Å². The van der Waals surface area contributed by atoms with Crippen LogP contribution in [0.25, 0.3) is 0 Å². The highest BCUT2D eigenvalue weighted by molar-refractivity contribution is 7.80. The predicted octanol–water partition coefficient (Wildman–Crippen LogP) is 1.46. The molecule has 1 unspecified atom stereocenters. The molecule has 2 saturated heterocycles. The van der Waals surface area contributed by atoms with Crippen LogP contribution in [-0.4, -0.2) is 66.9 Å². The molecule has 2 aliphatic heterocycles. The summed E-state index contributed by atoms with van der Waals surface area (Å²) in [6, 6.07) is 0.727. The number of thiocarbonyl (C=S) groups is 1. The largest absolute Gasteiger partial charge is 0.382 e. The zero-order valence-electron chi connectivity index (χ0n) is 12.1. The third-order valence-electron chi connectivity index (χ3n) is 4.07. The van der Waals surface area contributed by atoms with Gasteiger partial charge in [-0.25, -0.2) is 0 Å². The number of ether oxygens (including phenoxy) is 1. The van der Waals surface area contributed by atoms with Crippen LogP contribution >= 0.6 is 12.2 Å². The van der Waals surface area contributed by atoms with Gasteiger partial charge >= 0.3 is 0 Å². The lowest BCUT2D eigenvalue weighted by Gasteiger charge is -2.44. The molecule has 1 atom stereocenters. The second-order valence-corrected chi connectivity index (χ2v) is 5.80. The van der Waals surface area contributed by atoms with Gasteiger partial charge in [0.25, 0.3) is 0 Å². The molecule has 0 radical (unpaired) electrons. The molecule has 0 aromatic rings. The van der Waals surface area contributed by atoms with Crippen molar-refractivity contribution in [2.75, 3.05) is 45.9 Å². The van der Waals surface area contributed by atoms with Crippen LogP contribution in [-0.2, 0) is 4.74 Å². The van der Waals surface area contributed by atoms with Gasteiger partial charge in [-0.2, -0.15) is 0 Å².